The second-order valence-electron chi connectivity index (χ2n) is 4.50. The van der Waals surface area contributed by atoms with Gasteiger partial charge in [0.25, 0.3) is 0 Å². The Morgan fingerprint density at radius 1 is 1.36 bits per heavy atom. The summed E-state index contributed by atoms with van der Waals surface area (Å²) in [7, 11) is 0. The molecule has 78 valence electrons. The van der Waals surface area contributed by atoms with Crippen LogP contribution in [0.3, 0.4) is 0 Å². The van der Waals surface area contributed by atoms with E-state index in [0.717, 1.165) is 6.42 Å². The van der Waals surface area contributed by atoms with E-state index < -0.39 is 0 Å². The molecule has 1 aromatic heterocycles. The zero-order valence-electron chi connectivity index (χ0n) is 8.97. The number of nitrogens with zero attached hydrogens (tertiary/aromatic N) is 1. The van der Waals surface area contributed by atoms with E-state index in [1.165, 1.54) is 41.3 Å². The molecule has 1 saturated carbocycles. The van der Waals surface area contributed by atoms with Gasteiger partial charge in [0.05, 0.1) is 10.7 Å². The van der Waals surface area contributed by atoms with E-state index in [1.807, 2.05) is 11.3 Å². The molecular formula is C11H18N2S. The van der Waals surface area contributed by atoms with Gasteiger partial charge in [-0.15, -0.1) is 11.3 Å². The van der Waals surface area contributed by atoms with E-state index in [2.05, 4.69) is 18.8 Å². The molecule has 0 amide bonds. The van der Waals surface area contributed by atoms with Gasteiger partial charge in [0.15, 0.2) is 0 Å². The Labute approximate surface area is 89.5 Å². The molecule has 0 bridgehead atoms. The third-order valence-electron chi connectivity index (χ3n) is 3.18. The fraction of sp³-hybridized carbons (Fsp3) is 0.727. The smallest absolute Gasteiger partial charge is 0.0949 e. The molecule has 2 rings (SSSR count). The third-order valence-corrected chi connectivity index (χ3v) is 4.25. The van der Waals surface area contributed by atoms with Crippen molar-refractivity contribution in [3.05, 3.63) is 15.6 Å². The summed E-state index contributed by atoms with van der Waals surface area (Å²) >= 11 is 1.81. The second kappa shape index (κ2) is 3.63. The lowest BCUT2D eigenvalue weighted by Crippen LogP contribution is -2.38. The minimum atomic E-state index is 0.0523. The second-order valence-corrected chi connectivity index (χ2v) is 5.78. The molecule has 1 aromatic rings. The van der Waals surface area contributed by atoms with Crippen LogP contribution in [0.1, 0.15) is 41.3 Å². The van der Waals surface area contributed by atoms with Crippen LogP contribution in [0.15, 0.2) is 0 Å². The normalized spacial score (nSPS) is 20.2. The summed E-state index contributed by atoms with van der Waals surface area (Å²) in [5.74, 6) is 0. The highest BCUT2D eigenvalue weighted by atomic mass is 32.1. The number of nitrogens with two attached hydrogens (primary N) is 1. The lowest BCUT2D eigenvalue weighted by atomic mass is 9.95. The summed E-state index contributed by atoms with van der Waals surface area (Å²) in [4.78, 5) is 5.89. The average molecular weight is 210 g/mol. The highest BCUT2D eigenvalue weighted by Crippen LogP contribution is 2.31. The van der Waals surface area contributed by atoms with Gasteiger partial charge in [-0.2, -0.15) is 0 Å². The molecule has 0 unspecified atom stereocenters. The van der Waals surface area contributed by atoms with E-state index in [-0.39, 0.29) is 5.54 Å². The molecule has 3 heteroatoms. The Bertz CT molecular complexity index is 305. The third kappa shape index (κ3) is 1.98. The first-order valence-corrected chi connectivity index (χ1v) is 6.12. The Morgan fingerprint density at radius 3 is 2.50 bits per heavy atom. The summed E-state index contributed by atoms with van der Waals surface area (Å²) in [6.07, 6.45) is 5.90. The average Bonchev–Trinajstić information content (AvgIpc) is 2.62. The van der Waals surface area contributed by atoms with Gasteiger partial charge in [-0.25, -0.2) is 4.98 Å². The largest absolute Gasteiger partial charge is 0.325 e. The molecule has 14 heavy (non-hydrogen) atoms. The van der Waals surface area contributed by atoms with Crippen LogP contribution in [0.25, 0.3) is 0 Å². The van der Waals surface area contributed by atoms with E-state index in [4.69, 9.17) is 5.73 Å². The topological polar surface area (TPSA) is 38.9 Å². The van der Waals surface area contributed by atoms with Crippen LogP contribution in [0, 0.1) is 13.8 Å². The van der Waals surface area contributed by atoms with Gasteiger partial charge in [0.1, 0.15) is 0 Å². The Morgan fingerprint density at radius 2 is 2.00 bits per heavy atom. The summed E-state index contributed by atoms with van der Waals surface area (Å²) < 4.78 is 0. The number of hydrogen-bond acceptors (Lipinski definition) is 3. The molecule has 0 aromatic carbocycles. The summed E-state index contributed by atoms with van der Waals surface area (Å²) in [5, 5.41) is 1.23. The molecule has 0 aliphatic heterocycles. The number of aromatic nitrogens is 1. The zero-order valence-corrected chi connectivity index (χ0v) is 9.78. The van der Waals surface area contributed by atoms with Crippen molar-refractivity contribution in [2.45, 2.75) is 51.5 Å². The zero-order chi connectivity index (χ0) is 10.2. The lowest BCUT2D eigenvalue weighted by molar-refractivity contribution is 0.435. The van der Waals surface area contributed by atoms with Gasteiger partial charge in [-0.3, -0.25) is 0 Å². The van der Waals surface area contributed by atoms with E-state index in [1.54, 1.807) is 0 Å². The summed E-state index contributed by atoms with van der Waals surface area (Å²) in [6, 6.07) is 0. The van der Waals surface area contributed by atoms with Crippen molar-refractivity contribution in [1.29, 1.82) is 0 Å². The van der Waals surface area contributed by atoms with Crippen LogP contribution >= 0.6 is 11.3 Å². The van der Waals surface area contributed by atoms with Crippen LogP contribution in [0.5, 0.6) is 0 Å². The fourth-order valence-electron chi connectivity index (χ4n) is 2.17. The first-order chi connectivity index (χ1) is 6.59. The molecule has 1 fully saturated rings. The Balaban J connectivity index is 2.10. The molecule has 1 aliphatic rings. The van der Waals surface area contributed by atoms with Crippen LogP contribution in [-0.4, -0.2) is 10.5 Å². The van der Waals surface area contributed by atoms with Gasteiger partial charge in [0, 0.05) is 16.8 Å². The highest BCUT2D eigenvalue weighted by Gasteiger charge is 2.30. The molecule has 0 saturated heterocycles. The first-order valence-electron chi connectivity index (χ1n) is 5.31. The Kier molecular flexibility index (Phi) is 2.62. The van der Waals surface area contributed by atoms with Crippen molar-refractivity contribution in [2.24, 2.45) is 5.73 Å². The fourth-order valence-corrected chi connectivity index (χ4v) is 3.26. The highest BCUT2D eigenvalue weighted by molar-refractivity contribution is 7.11. The summed E-state index contributed by atoms with van der Waals surface area (Å²) in [5.41, 5.74) is 7.54. The van der Waals surface area contributed by atoms with Crippen LogP contribution in [-0.2, 0) is 6.42 Å². The maximum absolute atomic E-state index is 6.32. The van der Waals surface area contributed by atoms with Crippen molar-refractivity contribution in [2.75, 3.05) is 0 Å². The van der Waals surface area contributed by atoms with Crippen LogP contribution in [0.4, 0.5) is 0 Å². The molecular weight excluding hydrogens is 192 g/mol. The predicted molar refractivity (Wildman–Crippen MR) is 60.7 cm³/mol. The number of aryl methyl sites for hydroxylation is 2. The molecule has 0 radical (unpaired) electrons. The van der Waals surface area contributed by atoms with Crippen LogP contribution in [0.2, 0.25) is 0 Å². The van der Waals surface area contributed by atoms with Gasteiger partial charge >= 0.3 is 0 Å². The molecule has 2 N–H and O–H groups in total. The summed E-state index contributed by atoms with van der Waals surface area (Å²) in [6.45, 7) is 4.21. The quantitative estimate of drug-likeness (QED) is 0.815. The minimum absolute atomic E-state index is 0.0523. The molecule has 1 aliphatic carbocycles. The van der Waals surface area contributed by atoms with Gasteiger partial charge in [-0.1, -0.05) is 12.8 Å². The molecule has 0 atom stereocenters. The van der Waals surface area contributed by atoms with Gasteiger partial charge in [-0.05, 0) is 26.7 Å². The molecule has 1 heterocycles. The lowest BCUT2D eigenvalue weighted by Gasteiger charge is -2.21. The monoisotopic (exact) mass is 210 g/mol. The molecule has 2 nitrogen and oxygen atoms in total. The van der Waals surface area contributed by atoms with Crippen molar-refractivity contribution in [3.8, 4) is 0 Å². The number of rotatable bonds is 2. The maximum Gasteiger partial charge on any atom is 0.0949 e. The number of hydrogen-bond donors (Lipinski definition) is 1. The predicted octanol–water partition coefficient (Wildman–Crippen LogP) is 2.57. The number of thiazole rings is 1. The SMILES string of the molecule is Cc1nc(CC2(N)CCCC2)sc1C. The first kappa shape index (κ1) is 10.1. The van der Waals surface area contributed by atoms with E-state index >= 15 is 0 Å². The minimum Gasteiger partial charge on any atom is -0.325 e. The van der Waals surface area contributed by atoms with Gasteiger partial charge < -0.3 is 5.73 Å². The standard InChI is InChI=1S/C11H18N2S/c1-8-9(2)14-10(13-8)7-11(12)5-3-4-6-11/h3-7,12H2,1-2H3. The van der Waals surface area contributed by atoms with Crippen molar-refractivity contribution < 1.29 is 0 Å². The van der Waals surface area contributed by atoms with Crippen molar-refractivity contribution in [1.82, 2.24) is 4.98 Å². The van der Waals surface area contributed by atoms with Gasteiger partial charge in [0.2, 0.25) is 0 Å². The Hall–Kier alpha value is -0.410. The molecule has 0 spiro atoms. The van der Waals surface area contributed by atoms with E-state index in [0.29, 0.717) is 0 Å². The van der Waals surface area contributed by atoms with Crippen molar-refractivity contribution >= 4 is 11.3 Å². The van der Waals surface area contributed by atoms with Crippen molar-refractivity contribution in [3.63, 3.8) is 0 Å². The maximum atomic E-state index is 6.32. The van der Waals surface area contributed by atoms with E-state index in [9.17, 15) is 0 Å². The van der Waals surface area contributed by atoms with Crippen LogP contribution < -0.4 is 5.73 Å².